The number of benzene rings is 1. The summed E-state index contributed by atoms with van der Waals surface area (Å²) in [6.07, 6.45) is 0.237. The van der Waals surface area contributed by atoms with Gasteiger partial charge in [-0.1, -0.05) is 12.1 Å². The van der Waals surface area contributed by atoms with Crippen molar-refractivity contribution >= 4 is 28.3 Å². The van der Waals surface area contributed by atoms with Gasteiger partial charge in [0.1, 0.15) is 5.75 Å². The van der Waals surface area contributed by atoms with Gasteiger partial charge in [0.25, 0.3) is 0 Å². The van der Waals surface area contributed by atoms with Gasteiger partial charge in [0.15, 0.2) is 5.13 Å². The van der Waals surface area contributed by atoms with E-state index in [0.717, 1.165) is 17.0 Å². The summed E-state index contributed by atoms with van der Waals surface area (Å²) in [6.45, 7) is 3.03. The molecule has 1 aromatic carbocycles. The van der Waals surface area contributed by atoms with Crippen molar-refractivity contribution in [3.63, 3.8) is 0 Å². The van der Waals surface area contributed by atoms with Gasteiger partial charge >= 0.3 is 0 Å². The maximum atomic E-state index is 12.8. The number of rotatable bonds is 9. The number of hydrogen-bond acceptors (Lipinski definition) is 6. The van der Waals surface area contributed by atoms with Crippen molar-refractivity contribution in [2.24, 2.45) is 0 Å². The first kappa shape index (κ1) is 20.9. The molecule has 2 aromatic rings. The summed E-state index contributed by atoms with van der Waals surface area (Å²) in [7, 11) is 5.47. The summed E-state index contributed by atoms with van der Waals surface area (Å²) in [5.41, 5.74) is 1.74. The van der Waals surface area contributed by atoms with Crippen LogP contribution in [0.25, 0.3) is 0 Å². The number of aromatic nitrogens is 1. The zero-order valence-electron chi connectivity index (χ0n) is 16.2. The molecule has 1 aromatic heterocycles. The zero-order chi connectivity index (χ0) is 19.8. The van der Waals surface area contributed by atoms with Crippen molar-refractivity contribution in [3.8, 4) is 5.75 Å². The minimum absolute atomic E-state index is 0.00144. The Morgan fingerprint density at radius 3 is 2.44 bits per heavy atom. The van der Waals surface area contributed by atoms with Crippen LogP contribution >= 0.6 is 11.3 Å². The number of ether oxygens (including phenoxy) is 1. The van der Waals surface area contributed by atoms with E-state index in [1.165, 1.54) is 11.3 Å². The molecule has 0 bridgehead atoms. The van der Waals surface area contributed by atoms with Crippen LogP contribution in [0.3, 0.4) is 0 Å². The Morgan fingerprint density at radius 2 is 1.89 bits per heavy atom. The fourth-order valence-corrected chi connectivity index (χ4v) is 3.09. The number of thiazole rings is 1. The maximum Gasteiger partial charge on any atom is 0.245 e. The Balaban J connectivity index is 2.00. The van der Waals surface area contributed by atoms with Crippen molar-refractivity contribution in [1.29, 1.82) is 0 Å². The largest absolute Gasteiger partial charge is 0.497 e. The molecule has 0 saturated carbocycles. The number of amides is 2. The molecular weight excluding hydrogens is 364 g/mol. The van der Waals surface area contributed by atoms with Gasteiger partial charge in [-0.2, -0.15) is 0 Å². The summed E-state index contributed by atoms with van der Waals surface area (Å²) >= 11 is 1.37. The summed E-state index contributed by atoms with van der Waals surface area (Å²) in [5, 5.41) is 5.18. The Morgan fingerprint density at radius 1 is 1.19 bits per heavy atom. The van der Waals surface area contributed by atoms with Crippen molar-refractivity contribution < 1.29 is 14.3 Å². The molecule has 0 aliphatic rings. The Labute approximate surface area is 164 Å². The number of aryl methyl sites for hydroxylation is 1. The SMILES string of the molecule is COc1ccc(CC(=O)N(CCN(C)C)CC(=O)Nc2nc(C)cs2)cc1. The number of anilines is 1. The third-order valence-corrected chi connectivity index (χ3v) is 4.76. The second-order valence-electron chi connectivity index (χ2n) is 6.49. The van der Waals surface area contributed by atoms with Crippen LogP contribution in [0.1, 0.15) is 11.3 Å². The number of methoxy groups -OCH3 is 1. The van der Waals surface area contributed by atoms with Crippen molar-refractivity contribution in [2.75, 3.05) is 46.2 Å². The Bertz CT molecular complexity index is 759. The predicted molar refractivity (Wildman–Crippen MR) is 107 cm³/mol. The Hall–Kier alpha value is -2.45. The summed E-state index contributed by atoms with van der Waals surface area (Å²) in [6, 6.07) is 7.37. The second-order valence-corrected chi connectivity index (χ2v) is 7.34. The third-order valence-electron chi connectivity index (χ3n) is 3.88. The molecule has 0 aliphatic heterocycles. The van der Waals surface area contributed by atoms with Crippen LogP contribution in [0.2, 0.25) is 0 Å². The van der Waals surface area contributed by atoms with Crippen LogP contribution in [0.15, 0.2) is 29.6 Å². The first-order chi connectivity index (χ1) is 12.9. The number of carbonyl (C=O) groups excluding carboxylic acids is 2. The predicted octanol–water partition coefficient (Wildman–Crippen LogP) is 2.03. The van der Waals surface area contributed by atoms with E-state index in [4.69, 9.17) is 4.74 Å². The molecule has 8 heteroatoms. The number of hydrogen-bond donors (Lipinski definition) is 1. The van der Waals surface area contributed by atoms with Crippen LogP contribution in [-0.2, 0) is 16.0 Å². The van der Waals surface area contributed by atoms with E-state index in [-0.39, 0.29) is 24.8 Å². The van der Waals surface area contributed by atoms with Gasteiger partial charge in [0.05, 0.1) is 25.8 Å². The first-order valence-corrected chi connectivity index (χ1v) is 9.52. The monoisotopic (exact) mass is 390 g/mol. The fraction of sp³-hybridized carbons (Fsp3) is 0.421. The van der Waals surface area contributed by atoms with E-state index in [1.807, 2.05) is 55.6 Å². The lowest BCUT2D eigenvalue weighted by atomic mass is 10.1. The number of likely N-dealkylation sites (N-methyl/N-ethyl adjacent to an activating group) is 1. The molecule has 1 heterocycles. The minimum atomic E-state index is -0.244. The number of nitrogens with one attached hydrogen (secondary N) is 1. The van der Waals surface area contributed by atoms with Crippen molar-refractivity contribution in [3.05, 3.63) is 40.9 Å². The molecule has 0 aliphatic carbocycles. The van der Waals surface area contributed by atoms with E-state index in [0.29, 0.717) is 18.2 Å². The lowest BCUT2D eigenvalue weighted by Crippen LogP contribution is -2.42. The maximum absolute atomic E-state index is 12.8. The normalized spacial score (nSPS) is 10.7. The molecular formula is C19H26N4O3S. The lowest BCUT2D eigenvalue weighted by molar-refractivity contribution is -0.134. The summed E-state index contributed by atoms with van der Waals surface area (Å²) < 4.78 is 5.14. The quantitative estimate of drug-likeness (QED) is 0.709. The Kier molecular flexibility index (Phi) is 7.75. The second kappa shape index (κ2) is 10.0. The van der Waals surface area contributed by atoms with Gasteiger partial charge in [-0.25, -0.2) is 4.98 Å². The summed E-state index contributed by atoms with van der Waals surface area (Å²) in [4.78, 5) is 32.9. The zero-order valence-corrected chi connectivity index (χ0v) is 17.0. The molecule has 0 radical (unpaired) electrons. The third kappa shape index (κ3) is 6.99. The van der Waals surface area contributed by atoms with E-state index >= 15 is 0 Å². The standard InChI is InChI=1S/C19H26N4O3S/c1-14-13-27-19(20-14)21-17(24)12-23(10-9-22(2)3)18(25)11-15-5-7-16(26-4)8-6-15/h5-8,13H,9-12H2,1-4H3,(H,20,21,24). The van der Waals surface area contributed by atoms with Crippen LogP contribution in [-0.4, -0.2) is 67.4 Å². The number of carbonyl (C=O) groups is 2. The van der Waals surface area contributed by atoms with Gasteiger partial charge in [0.2, 0.25) is 11.8 Å². The molecule has 0 unspecified atom stereocenters. The van der Waals surface area contributed by atoms with E-state index in [9.17, 15) is 9.59 Å². The number of nitrogens with zero attached hydrogens (tertiary/aromatic N) is 3. The minimum Gasteiger partial charge on any atom is -0.497 e. The molecule has 146 valence electrons. The average molecular weight is 391 g/mol. The lowest BCUT2D eigenvalue weighted by Gasteiger charge is -2.24. The summed E-state index contributed by atoms with van der Waals surface area (Å²) in [5.74, 6) is 0.410. The van der Waals surface area contributed by atoms with E-state index < -0.39 is 0 Å². The smallest absolute Gasteiger partial charge is 0.245 e. The van der Waals surface area contributed by atoms with E-state index in [2.05, 4.69) is 10.3 Å². The van der Waals surface area contributed by atoms with E-state index in [1.54, 1.807) is 12.0 Å². The molecule has 0 saturated heterocycles. The van der Waals surface area contributed by atoms with Crippen LogP contribution < -0.4 is 10.1 Å². The highest BCUT2D eigenvalue weighted by molar-refractivity contribution is 7.13. The fourth-order valence-electron chi connectivity index (χ4n) is 2.39. The molecule has 2 rings (SSSR count). The van der Waals surface area contributed by atoms with Gasteiger partial charge in [0, 0.05) is 18.5 Å². The molecule has 27 heavy (non-hydrogen) atoms. The molecule has 0 fully saturated rings. The van der Waals surface area contributed by atoms with Crippen molar-refractivity contribution in [1.82, 2.24) is 14.8 Å². The highest BCUT2D eigenvalue weighted by Crippen LogP contribution is 2.15. The molecule has 7 nitrogen and oxygen atoms in total. The average Bonchev–Trinajstić information content (AvgIpc) is 3.03. The van der Waals surface area contributed by atoms with Crippen LogP contribution in [0, 0.1) is 6.92 Å². The van der Waals surface area contributed by atoms with Gasteiger partial charge in [-0.3, -0.25) is 9.59 Å². The molecule has 0 spiro atoms. The molecule has 1 N–H and O–H groups in total. The first-order valence-electron chi connectivity index (χ1n) is 8.65. The van der Waals surface area contributed by atoms with Gasteiger partial charge in [-0.15, -0.1) is 11.3 Å². The van der Waals surface area contributed by atoms with Crippen molar-refractivity contribution in [2.45, 2.75) is 13.3 Å². The van der Waals surface area contributed by atoms with Crippen LogP contribution in [0.5, 0.6) is 5.75 Å². The highest BCUT2D eigenvalue weighted by atomic mass is 32.1. The van der Waals surface area contributed by atoms with Gasteiger partial charge in [-0.05, 0) is 38.7 Å². The highest BCUT2D eigenvalue weighted by Gasteiger charge is 2.18. The van der Waals surface area contributed by atoms with Gasteiger partial charge < -0.3 is 19.9 Å². The topological polar surface area (TPSA) is 74.8 Å². The molecule has 2 amide bonds. The van der Waals surface area contributed by atoms with Crippen LogP contribution in [0.4, 0.5) is 5.13 Å². The molecule has 0 atom stereocenters.